The maximum absolute atomic E-state index is 4.80. The van der Waals surface area contributed by atoms with Gasteiger partial charge in [0, 0.05) is 36.0 Å². The van der Waals surface area contributed by atoms with Gasteiger partial charge in [0.15, 0.2) is 0 Å². The molecule has 0 N–H and O–H groups in total. The van der Waals surface area contributed by atoms with Gasteiger partial charge in [-0.25, -0.2) is 9.97 Å². The van der Waals surface area contributed by atoms with Gasteiger partial charge in [-0.1, -0.05) is 27.2 Å². The van der Waals surface area contributed by atoms with Crippen LogP contribution in [0.1, 0.15) is 57.5 Å². The molecule has 0 bridgehead atoms. The third-order valence-corrected chi connectivity index (χ3v) is 4.92. The SMILES string of the molecule is CCSC1CCCCN(c2cc(C)nc(C(C)C)n2)C1. The van der Waals surface area contributed by atoms with E-state index in [-0.39, 0.29) is 0 Å². The van der Waals surface area contributed by atoms with E-state index in [1.807, 2.05) is 0 Å². The first-order chi connectivity index (χ1) is 9.60. The number of hydrogen-bond donors (Lipinski definition) is 0. The molecule has 0 aromatic carbocycles. The quantitative estimate of drug-likeness (QED) is 0.838. The van der Waals surface area contributed by atoms with Crippen molar-refractivity contribution in [2.45, 2.75) is 58.1 Å². The molecule has 1 aromatic heterocycles. The highest BCUT2D eigenvalue weighted by Gasteiger charge is 2.20. The molecule has 1 unspecified atom stereocenters. The van der Waals surface area contributed by atoms with Crippen molar-refractivity contribution >= 4 is 17.6 Å². The zero-order chi connectivity index (χ0) is 14.5. The van der Waals surface area contributed by atoms with Gasteiger partial charge in [-0.05, 0) is 25.5 Å². The molecule has 0 amide bonds. The third-order valence-electron chi connectivity index (χ3n) is 3.73. The van der Waals surface area contributed by atoms with Crippen LogP contribution in [0.2, 0.25) is 0 Å². The molecule has 2 rings (SSSR count). The highest BCUT2D eigenvalue weighted by atomic mass is 32.2. The van der Waals surface area contributed by atoms with E-state index in [1.165, 1.54) is 25.0 Å². The molecule has 20 heavy (non-hydrogen) atoms. The van der Waals surface area contributed by atoms with Crippen molar-refractivity contribution in [3.63, 3.8) is 0 Å². The van der Waals surface area contributed by atoms with Gasteiger partial charge < -0.3 is 4.90 Å². The summed E-state index contributed by atoms with van der Waals surface area (Å²) in [5.41, 5.74) is 1.09. The minimum Gasteiger partial charge on any atom is -0.355 e. The van der Waals surface area contributed by atoms with Crippen molar-refractivity contribution in [2.24, 2.45) is 0 Å². The van der Waals surface area contributed by atoms with Crippen LogP contribution in [0.3, 0.4) is 0 Å². The molecular weight excluding hydrogens is 266 g/mol. The van der Waals surface area contributed by atoms with Crippen LogP contribution in [0.4, 0.5) is 5.82 Å². The average molecular weight is 293 g/mol. The zero-order valence-corrected chi connectivity index (χ0v) is 14.0. The van der Waals surface area contributed by atoms with E-state index in [0.29, 0.717) is 5.92 Å². The summed E-state index contributed by atoms with van der Waals surface area (Å²) in [5, 5.41) is 0.750. The smallest absolute Gasteiger partial charge is 0.133 e. The van der Waals surface area contributed by atoms with Gasteiger partial charge in [0.05, 0.1) is 0 Å². The van der Waals surface area contributed by atoms with Crippen molar-refractivity contribution in [1.29, 1.82) is 0 Å². The largest absolute Gasteiger partial charge is 0.355 e. The maximum atomic E-state index is 4.80. The number of hydrogen-bond acceptors (Lipinski definition) is 4. The maximum Gasteiger partial charge on any atom is 0.133 e. The summed E-state index contributed by atoms with van der Waals surface area (Å²) in [7, 11) is 0. The fourth-order valence-corrected chi connectivity index (χ4v) is 3.77. The molecule has 1 aliphatic heterocycles. The molecule has 1 aromatic rings. The van der Waals surface area contributed by atoms with Gasteiger partial charge in [0.25, 0.3) is 0 Å². The second-order valence-electron chi connectivity index (χ2n) is 5.90. The van der Waals surface area contributed by atoms with E-state index < -0.39 is 0 Å². The summed E-state index contributed by atoms with van der Waals surface area (Å²) >= 11 is 2.09. The van der Waals surface area contributed by atoms with E-state index in [4.69, 9.17) is 4.98 Å². The summed E-state index contributed by atoms with van der Waals surface area (Å²) < 4.78 is 0. The molecule has 1 fully saturated rings. The van der Waals surface area contributed by atoms with Crippen LogP contribution in [-0.2, 0) is 0 Å². The molecule has 112 valence electrons. The second kappa shape index (κ2) is 7.30. The lowest BCUT2D eigenvalue weighted by atomic mass is 10.2. The van der Waals surface area contributed by atoms with Crippen molar-refractivity contribution < 1.29 is 0 Å². The Labute approximate surface area is 127 Å². The van der Waals surface area contributed by atoms with Crippen LogP contribution in [0.15, 0.2) is 6.07 Å². The van der Waals surface area contributed by atoms with Gasteiger partial charge in [-0.3, -0.25) is 0 Å². The Balaban J connectivity index is 2.20. The van der Waals surface area contributed by atoms with Gasteiger partial charge in [0.2, 0.25) is 0 Å². The Hall–Kier alpha value is -0.770. The molecule has 4 heteroatoms. The number of aryl methyl sites for hydroxylation is 1. The lowest BCUT2D eigenvalue weighted by molar-refractivity contribution is 0.731. The van der Waals surface area contributed by atoms with Crippen molar-refractivity contribution in [1.82, 2.24) is 9.97 Å². The second-order valence-corrected chi connectivity index (χ2v) is 7.48. The molecule has 0 radical (unpaired) electrons. The molecule has 1 aliphatic rings. The Morgan fingerprint density at radius 3 is 2.85 bits per heavy atom. The number of thioether (sulfide) groups is 1. The predicted molar refractivity (Wildman–Crippen MR) is 88.8 cm³/mol. The lowest BCUT2D eigenvalue weighted by Gasteiger charge is -2.26. The summed E-state index contributed by atoms with van der Waals surface area (Å²) in [5.74, 6) is 3.70. The minimum atomic E-state index is 0.390. The van der Waals surface area contributed by atoms with Crippen LogP contribution in [-0.4, -0.2) is 34.1 Å². The predicted octanol–water partition coefficient (Wildman–Crippen LogP) is 4.02. The Morgan fingerprint density at radius 1 is 1.35 bits per heavy atom. The first kappa shape index (κ1) is 15.6. The molecule has 1 saturated heterocycles. The highest BCUT2D eigenvalue weighted by molar-refractivity contribution is 7.99. The Kier molecular flexibility index (Phi) is 5.70. The van der Waals surface area contributed by atoms with E-state index in [1.54, 1.807) is 0 Å². The molecule has 0 aliphatic carbocycles. The Morgan fingerprint density at radius 2 is 2.15 bits per heavy atom. The lowest BCUT2D eigenvalue weighted by Crippen LogP contribution is -2.31. The molecular formula is C16H27N3S. The normalized spacial score (nSPS) is 20.2. The monoisotopic (exact) mass is 293 g/mol. The number of aromatic nitrogens is 2. The number of anilines is 1. The van der Waals surface area contributed by atoms with E-state index in [2.05, 4.69) is 55.4 Å². The standard InChI is InChI=1S/C16H27N3S/c1-5-20-14-8-6-7-9-19(11-14)15-10-13(4)17-16(18-15)12(2)3/h10,12,14H,5-9,11H2,1-4H3. The zero-order valence-electron chi connectivity index (χ0n) is 13.2. The fourth-order valence-electron chi connectivity index (χ4n) is 2.68. The van der Waals surface area contributed by atoms with Gasteiger partial charge in [-0.15, -0.1) is 0 Å². The first-order valence-electron chi connectivity index (χ1n) is 7.82. The topological polar surface area (TPSA) is 29.0 Å². The summed E-state index contributed by atoms with van der Waals surface area (Å²) in [6.45, 7) is 10.9. The molecule has 3 nitrogen and oxygen atoms in total. The van der Waals surface area contributed by atoms with Crippen LogP contribution in [0.5, 0.6) is 0 Å². The molecule has 0 saturated carbocycles. The average Bonchev–Trinajstić information content (AvgIpc) is 2.64. The van der Waals surface area contributed by atoms with Crippen LogP contribution in [0, 0.1) is 6.92 Å². The number of rotatable bonds is 4. The van der Waals surface area contributed by atoms with Crippen LogP contribution >= 0.6 is 11.8 Å². The van der Waals surface area contributed by atoms with Crippen LogP contribution < -0.4 is 4.90 Å². The fraction of sp³-hybridized carbons (Fsp3) is 0.750. The van der Waals surface area contributed by atoms with E-state index in [0.717, 1.165) is 35.7 Å². The molecule has 2 heterocycles. The van der Waals surface area contributed by atoms with Crippen LogP contribution in [0.25, 0.3) is 0 Å². The Bertz CT molecular complexity index is 434. The first-order valence-corrected chi connectivity index (χ1v) is 8.87. The van der Waals surface area contributed by atoms with Crippen molar-refractivity contribution in [2.75, 3.05) is 23.7 Å². The van der Waals surface area contributed by atoms with Crippen molar-refractivity contribution in [3.8, 4) is 0 Å². The van der Waals surface area contributed by atoms with Gasteiger partial charge in [0.1, 0.15) is 11.6 Å². The molecule has 0 spiro atoms. The third kappa shape index (κ3) is 4.11. The van der Waals surface area contributed by atoms with E-state index in [9.17, 15) is 0 Å². The number of nitrogens with zero attached hydrogens (tertiary/aromatic N) is 3. The van der Waals surface area contributed by atoms with Crippen molar-refractivity contribution in [3.05, 3.63) is 17.6 Å². The summed E-state index contributed by atoms with van der Waals surface area (Å²) in [6, 6.07) is 2.14. The summed E-state index contributed by atoms with van der Waals surface area (Å²) in [6.07, 6.45) is 3.96. The van der Waals surface area contributed by atoms with E-state index >= 15 is 0 Å². The van der Waals surface area contributed by atoms with Gasteiger partial charge >= 0.3 is 0 Å². The summed E-state index contributed by atoms with van der Waals surface area (Å²) in [4.78, 5) is 11.8. The minimum absolute atomic E-state index is 0.390. The highest BCUT2D eigenvalue weighted by Crippen LogP contribution is 2.26. The van der Waals surface area contributed by atoms with Gasteiger partial charge in [-0.2, -0.15) is 11.8 Å². The molecule has 1 atom stereocenters.